The van der Waals surface area contributed by atoms with E-state index >= 15 is 0 Å². The van der Waals surface area contributed by atoms with E-state index in [2.05, 4.69) is 4.98 Å². The fourth-order valence-electron chi connectivity index (χ4n) is 1.92. The van der Waals surface area contributed by atoms with Gasteiger partial charge in [0, 0.05) is 11.2 Å². The lowest BCUT2D eigenvalue weighted by Crippen LogP contribution is -2.26. The van der Waals surface area contributed by atoms with Crippen LogP contribution in [0, 0.1) is 0 Å². The van der Waals surface area contributed by atoms with Crippen molar-refractivity contribution in [3.8, 4) is 0 Å². The minimum Gasteiger partial charge on any atom is -0.475 e. The largest absolute Gasteiger partial charge is 0.475 e. The molecule has 1 heterocycles. The Morgan fingerprint density at radius 1 is 1.41 bits per heavy atom. The van der Waals surface area contributed by atoms with Crippen LogP contribution >= 0.6 is 0 Å². The van der Waals surface area contributed by atoms with E-state index < -0.39 is 5.97 Å². The standard InChI is InChI=1S/C12H15N3O2/c1-12(2,3)15-9-5-4-7(13)6-8(9)14-10(15)11(16)17/h4-6H,13H2,1-3H3,(H,16,17). The summed E-state index contributed by atoms with van der Waals surface area (Å²) in [4.78, 5) is 15.3. The number of carboxylic acid groups (broad SMARTS) is 1. The molecule has 1 aromatic carbocycles. The van der Waals surface area contributed by atoms with Gasteiger partial charge in [-0.3, -0.25) is 0 Å². The molecule has 3 N–H and O–H groups in total. The third-order valence-electron chi connectivity index (χ3n) is 2.54. The quantitative estimate of drug-likeness (QED) is 0.739. The highest BCUT2D eigenvalue weighted by molar-refractivity contribution is 5.91. The molecule has 0 radical (unpaired) electrons. The Labute approximate surface area is 98.9 Å². The first kappa shape index (κ1) is 11.4. The molecule has 0 amide bonds. The first-order valence-electron chi connectivity index (χ1n) is 5.32. The summed E-state index contributed by atoms with van der Waals surface area (Å²) in [6.07, 6.45) is 0. The van der Waals surface area contributed by atoms with E-state index in [1.54, 1.807) is 22.8 Å². The van der Waals surface area contributed by atoms with Crippen LogP contribution in [0.1, 0.15) is 31.4 Å². The maximum atomic E-state index is 11.2. The van der Waals surface area contributed by atoms with Gasteiger partial charge in [0.25, 0.3) is 0 Å². The molecule has 0 bridgehead atoms. The fraction of sp³-hybridized carbons (Fsp3) is 0.333. The van der Waals surface area contributed by atoms with Gasteiger partial charge in [0.1, 0.15) is 0 Å². The lowest BCUT2D eigenvalue weighted by molar-refractivity contribution is 0.0672. The minimum atomic E-state index is -1.03. The lowest BCUT2D eigenvalue weighted by Gasteiger charge is -2.23. The highest BCUT2D eigenvalue weighted by Gasteiger charge is 2.25. The molecule has 0 atom stereocenters. The Balaban J connectivity index is 2.86. The first-order chi connectivity index (χ1) is 7.80. The molecule has 5 nitrogen and oxygen atoms in total. The second kappa shape index (κ2) is 3.48. The van der Waals surface area contributed by atoms with E-state index in [0.29, 0.717) is 11.2 Å². The van der Waals surface area contributed by atoms with Crippen LogP contribution in [0.2, 0.25) is 0 Å². The monoisotopic (exact) mass is 233 g/mol. The molecular formula is C12H15N3O2. The molecule has 90 valence electrons. The number of imidazole rings is 1. The molecule has 0 aliphatic carbocycles. The van der Waals surface area contributed by atoms with Crippen molar-refractivity contribution in [2.24, 2.45) is 0 Å². The lowest BCUT2D eigenvalue weighted by atomic mass is 10.1. The van der Waals surface area contributed by atoms with Crippen molar-refractivity contribution >= 4 is 22.7 Å². The van der Waals surface area contributed by atoms with E-state index in [1.165, 1.54) is 0 Å². The normalized spacial score (nSPS) is 11.9. The summed E-state index contributed by atoms with van der Waals surface area (Å²) >= 11 is 0. The summed E-state index contributed by atoms with van der Waals surface area (Å²) in [6, 6.07) is 5.23. The van der Waals surface area contributed by atoms with Crippen LogP contribution in [0.25, 0.3) is 11.0 Å². The molecule has 1 aromatic heterocycles. The Bertz CT molecular complexity index is 594. The molecule has 0 fully saturated rings. The molecule has 5 heteroatoms. The fourth-order valence-corrected chi connectivity index (χ4v) is 1.92. The molecule has 2 rings (SSSR count). The van der Waals surface area contributed by atoms with Crippen molar-refractivity contribution in [1.82, 2.24) is 9.55 Å². The van der Waals surface area contributed by atoms with Gasteiger partial charge in [0.15, 0.2) is 0 Å². The summed E-state index contributed by atoms with van der Waals surface area (Å²) in [5, 5.41) is 9.18. The zero-order valence-corrected chi connectivity index (χ0v) is 10.1. The van der Waals surface area contributed by atoms with Gasteiger partial charge in [0.2, 0.25) is 5.82 Å². The van der Waals surface area contributed by atoms with Crippen molar-refractivity contribution in [3.05, 3.63) is 24.0 Å². The molecule has 0 saturated carbocycles. The number of aromatic nitrogens is 2. The summed E-state index contributed by atoms with van der Waals surface area (Å²) in [5.74, 6) is -0.993. The number of nitrogen functional groups attached to an aromatic ring is 1. The Kier molecular flexibility index (Phi) is 2.34. The summed E-state index contributed by atoms with van der Waals surface area (Å²) in [6.45, 7) is 5.82. The number of fused-ring (bicyclic) bond motifs is 1. The number of benzene rings is 1. The van der Waals surface area contributed by atoms with E-state index in [4.69, 9.17) is 5.73 Å². The van der Waals surface area contributed by atoms with Crippen molar-refractivity contribution in [2.75, 3.05) is 5.73 Å². The number of hydrogen-bond donors (Lipinski definition) is 2. The van der Waals surface area contributed by atoms with Crippen LogP contribution in [-0.2, 0) is 5.54 Å². The number of carboxylic acids is 1. The minimum absolute atomic E-state index is 0.0399. The van der Waals surface area contributed by atoms with Gasteiger partial charge in [-0.05, 0) is 39.0 Å². The van der Waals surface area contributed by atoms with Crippen LogP contribution in [-0.4, -0.2) is 20.6 Å². The van der Waals surface area contributed by atoms with Crippen molar-refractivity contribution in [3.63, 3.8) is 0 Å². The number of rotatable bonds is 1. The molecule has 0 spiro atoms. The maximum Gasteiger partial charge on any atom is 0.372 e. The topological polar surface area (TPSA) is 81.1 Å². The van der Waals surface area contributed by atoms with Gasteiger partial charge >= 0.3 is 5.97 Å². The van der Waals surface area contributed by atoms with Crippen molar-refractivity contribution in [1.29, 1.82) is 0 Å². The number of nitrogens with zero attached hydrogens (tertiary/aromatic N) is 2. The van der Waals surface area contributed by atoms with E-state index in [-0.39, 0.29) is 11.4 Å². The van der Waals surface area contributed by atoms with E-state index in [1.807, 2.05) is 20.8 Å². The average molecular weight is 233 g/mol. The van der Waals surface area contributed by atoms with Crippen molar-refractivity contribution in [2.45, 2.75) is 26.3 Å². The first-order valence-corrected chi connectivity index (χ1v) is 5.32. The highest BCUT2D eigenvalue weighted by Crippen LogP contribution is 2.26. The number of hydrogen-bond acceptors (Lipinski definition) is 3. The highest BCUT2D eigenvalue weighted by atomic mass is 16.4. The predicted octanol–water partition coefficient (Wildman–Crippen LogP) is 2.07. The summed E-state index contributed by atoms with van der Waals surface area (Å²) < 4.78 is 1.71. The third kappa shape index (κ3) is 1.84. The third-order valence-corrected chi connectivity index (χ3v) is 2.54. The van der Waals surface area contributed by atoms with Gasteiger partial charge < -0.3 is 15.4 Å². The van der Waals surface area contributed by atoms with Gasteiger partial charge in [-0.1, -0.05) is 0 Å². The van der Waals surface area contributed by atoms with E-state index in [9.17, 15) is 9.90 Å². The second-order valence-corrected chi connectivity index (χ2v) is 4.99. The zero-order valence-electron chi connectivity index (χ0n) is 10.1. The van der Waals surface area contributed by atoms with Crippen LogP contribution < -0.4 is 5.73 Å². The van der Waals surface area contributed by atoms with Crippen molar-refractivity contribution < 1.29 is 9.90 Å². The number of carbonyl (C=O) groups is 1. The van der Waals surface area contributed by atoms with Gasteiger partial charge in [-0.2, -0.15) is 0 Å². The Hall–Kier alpha value is -2.04. The number of aromatic carboxylic acids is 1. The molecule has 0 aliphatic heterocycles. The van der Waals surface area contributed by atoms with Crippen LogP contribution in [0.3, 0.4) is 0 Å². The SMILES string of the molecule is CC(C)(C)n1c(C(=O)O)nc2cc(N)ccc21. The molecule has 0 saturated heterocycles. The zero-order chi connectivity index (χ0) is 12.8. The smallest absolute Gasteiger partial charge is 0.372 e. The number of nitrogens with two attached hydrogens (primary N) is 1. The number of anilines is 1. The Morgan fingerprint density at radius 3 is 2.59 bits per heavy atom. The van der Waals surface area contributed by atoms with Crippen LogP contribution in [0.15, 0.2) is 18.2 Å². The summed E-state index contributed by atoms with van der Waals surface area (Å²) in [5.41, 5.74) is 7.29. The predicted molar refractivity (Wildman–Crippen MR) is 66.1 cm³/mol. The second-order valence-electron chi connectivity index (χ2n) is 4.99. The molecule has 0 aliphatic rings. The molecule has 17 heavy (non-hydrogen) atoms. The van der Waals surface area contributed by atoms with Crippen LogP contribution in [0.4, 0.5) is 5.69 Å². The molecule has 0 unspecified atom stereocenters. The van der Waals surface area contributed by atoms with Gasteiger partial charge in [-0.25, -0.2) is 9.78 Å². The van der Waals surface area contributed by atoms with E-state index in [0.717, 1.165) is 5.52 Å². The molecular weight excluding hydrogens is 218 g/mol. The Morgan fingerprint density at radius 2 is 2.06 bits per heavy atom. The van der Waals surface area contributed by atoms with Gasteiger partial charge in [0.05, 0.1) is 11.0 Å². The summed E-state index contributed by atoms with van der Waals surface area (Å²) in [7, 11) is 0. The van der Waals surface area contributed by atoms with Gasteiger partial charge in [-0.15, -0.1) is 0 Å². The van der Waals surface area contributed by atoms with Crippen LogP contribution in [0.5, 0.6) is 0 Å². The maximum absolute atomic E-state index is 11.2. The molecule has 2 aromatic rings. The average Bonchev–Trinajstić information content (AvgIpc) is 2.55.